The minimum atomic E-state index is -0.815. The summed E-state index contributed by atoms with van der Waals surface area (Å²) < 4.78 is 1.87. The average molecular weight is 237 g/mol. The molecule has 0 aliphatic carbocycles. The molecule has 1 unspecified atom stereocenters. The first-order chi connectivity index (χ1) is 8.16. The number of likely N-dealkylation sites (tertiary alicyclic amines) is 1. The van der Waals surface area contributed by atoms with Crippen molar-refractivity contribution in [1.82, 2.24) is 14.5 Å². The molecule has 1 aliphatic heterocycles. The van der Waals surface area contributed by atoms with Crippen molar-refractivity contribution in [2.45, 2.75) is 19.4 Å². The molecule has 17 heavy (non-hydrogen) atoms. The summed E-state index contributed by atoms with van der Waals surface area (Å²) in [4.78, 5) is 28.1. The van der Waals surface area contributed by atoms with Gasteiger partial charge in [-0.05, 0) is 6.42 Å². The van der Waals surface area contributed by atoms with Gasteiger partial charge in [-0.3, -0.25) is 9.59 Å². The number of hydrogen-bond acceptors (Lipinski definition) is 3. The van der Waals surface area contributed by atoms with Crippen LogP contribution in [0.25, 0.3) is 0 Å². The summed E-state index contributed by atoms with van der Waals surface area (Å²) in [5, 5.41) is 8.94. The van der Waals surface area contributed by atoms with Crippen LogP contribution in [0.4, 0.5) is 0 Å². The molecule has 1 fully saturated rings. The van der Waals surface area contributed by atoms with Crippen molar-refractivity contribution in [3.05, 3.63) is 18.7 Å². The van der Waals surface area contributed by atoms with Crippen LogP contribution in [-0.4, -0.2) is 44.5 Å². The highest BCUT2D eigenvalue weighted by atomic mass is 16.4. The van der Waals surface area contributed by atoms with Crippen LogP contribution < -0.4 is 0 Å². The van der Waals surface area contributed by atoms with Gasteiger partial charge in [0, 0.05) is 38.4 Å². The van der Waals surface area contributed by atoms with Crippen LogP contribution in [-0.2, 0) is 16.1 Å². The molecule has 0 radical (unpaired) electrons. The highest BCUT2D eigenvalue weighted by Crippen LogP contribution is 2.17. The maximum Gasteiger partial charge on any atom is 0.308 e. The number of carbonyl (C=O) groups is 2. The summed E-state index contributed by atoms with van der Waals surface area (Å²) in [5.74, 6) is -1.19. The van der Waals surface area contributed by atoms with Gasteiger partial charge in [0.2, 0.25) is 5.91 Å². The maximum atomic E-state index is 11.6. The molecule has 1 amide bonds. The second-order valence-electron chi connectivity index (χ2n) is 4.21. The summed E-state index contributed by atoms with van der Waals surface area (Å²) in [6.45, 7) is 1.51. The van der Waals surface area contributed by atoms with E-state index in [0.29, 0.717) is 32.5 Å². The molecule has 1 aromatic heterocycles. The second kappa shape index (κ2) is 4.99. The van der Waals surface area contributed by atoms with Crippen molar-refractivity contribution in [1.29, 1.82) is 0 Å². The number of carboxylic acid groups (broad SMARTS) is 1. The predicted octanol–water partition coefficient (Wildman–Crippen LogP) is 0.206. The van der Waals surface area contributed by atoms with Gasteiger partial charge < -0.3 is 14.6 Å². The first kappa shape index (κ1) is 11.6. The number of amides is 1. The van der Waals surface area contributed by atoms with E-state index in [1.54, 1.807) is 17.4 Å². The van der Waals surface area contributed by atoms with Gasteiger partial charge in [0.25, 0.3) is 0 Å². The summed E-state index contributed by atoms with van der Waals surface area (Å²) in [5.41, 5.74) is 0. The fraction of sp³-hybridized carbons (Fsp3) is 0.545. The van der Waals surface area contributed by atoms with Gasteiger partial charge in [0.15, 0.2) is 0 Å². The molecule has 6 heteroatoms. The number of carboxylic acids is 1. The van der Waals surface area contributed by atoms with Crippen LogP contribution in [0, 0.1) is 5.92 Å². The molecule has 2 heterocycles. The lowest BCUT2D eigenvalue weighted by Gasteiger charge is -2.30. The van der Waals surface area contributed by atoms with Gasteiger partial charge in [-0.2, -0.15) is 0 Å². The molecular weight excluding hydrogens is 222 g/mol. The first-order valence-corrected chi connectivity index (χ1v) is 5.63. The Morgan fingerprint density at radius 1 is 1.53 bits per heavy atom. The SMILES string of the molecule is O=C(O)C1CCC(=O)N(CCn2ccnc2)C1. The molecule has 1 atom stereocenters. The number of carbonyl (C=O) groups excluding carboxylic acids is 1. The Labute approximate surface area is 98.9 Å². The molecule has 1 saturated heterocycles. The Morgan fingerprint density at radius 3 is 3.00 bits per heavy atom. The number of imidazole rings is 1. The average Bonchev–Trinajstić information content (AvgIpc) is 2.80. The number of rotatable bonds is 4. The molecule has 1 aromatic rings. The molecular formula is C11H15N3O3. The van der Waals surface area contributed by atoms with E-state index in [4.69, 9.17) is 5.11 Å². The van der Waals surface area contributed by atoms with Gasteiger partial charge in [-0.15, -0.1) is 0 Å². The fourth-order valence-electron chi connectivity index (χ4n) is 1.99. The summed E-state index contributed by atoms with van der Waals surface area (Å²) in [6, 6.07) is 0. The summed E-state index contributed by atoms with van der Waals surface area (Å²) >= 11 is 0. The van der Waals surface area contributed by atoms with Crippen LogP contribution in [0.1, 0.15) is 12.8 Å². The minimum Gasteiger partial charge on any atom is -0.481 e. The minimum absolute atomic E-state index is 0.0441. The van der Waals surface area contributed by atoms with Crippen LogP contribution >= 0.6 is 0 Å². The van der Waals surface area contributed by atoms with Crippen LogP contribution in [0.3, 0.4) is 0 Å². The third-order valence-electron chi connectivity index (χ3n) is 3.04. The predicted molar refractivity (Wildman–Crippen MR) is 59.2 cm³/mol. The molecule has 1 aliphatic rings. The Kier molecular flexibility index (Phi) is 3.41. The van der Waals surface area contributed by atoms with Crippen molar-refractivity contribution >= 4 is 11.9 Å². The number of nitrogens with zero attached hydrogens (tertiary/aromatic N) is 3. The highest BCUT2D eigenvalue weighted by Gasteiger charge is 2.29. The second-order valence-corrected chi connectivity index (χ2v) is 4.21. The zero-order valence-electron chi connectivity index (χ0n) is 9.45. The number of piperidine rings is 1. The van der Waals surface area contributed by atoms with Crippen LogP contribution in [0.15, 0.2) is 18.7 Å². The summed E-state index contributed by atoms with van der Waals surface area (Å²) in [7, 11) is 0. The molecule has 2 rings (SSSR count). The van der Waals surface area contributed by atoms with E-state index in [0.717, 1.165) is 0 Å². The van der Waals surface area contributed by atoms with Gasteiger partial charge >= 0.3 is 5.97 Å². The fourth-order valence-corrected chi connectivity index (χ4v) is 1.99. The van der Waals surface area contributed by atoms with Crippen molar-refractivity contribution in [2.75, 3.05) is 13.1 Å². The quantitative estimate of drug-likeness (QED) is 0.812. The number of aliphatic carboxylic acids is 1. The van der Waals surface area contributed by atoms with Gasteiger partial charge in [0.1, 0.15) is 0 Å². The number of aromatic nitrogens is 2. The topological polar surface area (TPSA) is 75.4 Å². The lowest BCUT2D eigenvalue weighted by atomic mass is 9.98. The molecule has 0 spiro atoms. The normalized spacial score (nSPS) is 20.6. The molecule has 0 aromatic carbocycles. The third kappa shape index (κ3) is 2.83. The van der Waals surface area contributed by atoms with Crippen LogP contribution in [0.2, 0.25) is 0 Å². The van der Waals surface area contributed by atoms with Crippen molar-refractivity contribution in [3.8, 4) is 0 Å². The lowest BCUT2D eigenvalue weighted by Crippen LogP contribution is -2.43. The van der Waals surface area contributed by atoms with Crippen molar-refractivity contribution in [2.24, 2.45) is 5.92 Å². The molecule has 0 saturated carbocycles. The third-order valence-corrected chi connectivity index (χ3v) is 3.04. The molecule has 1 N–H and O–H groups in total. The smallest absolute Gasteiger partial charge is 0.308 e. The van der Waals surface area contributed by atoms with Crippen molar-refractivity contribution in [3.63, 3.8) is 0 Å². The van der Waals surface area contributed by atoms with E-state index in [1.807, 2.05) is 10.8 Å². The first-order valence-electron chi connectivity index (χ1n) is 5.63. The van der Waals surface area contributed by atoms with Gasteiger partial charge in [-0.1, -0.05) is 0 Å². The van der Waals surface area contributed by atoms with E-state index in [2.05, 4.69) is 4.98 Å². The zero-order valence-corrected chi connectivity index (χ0v) is 9.45. The van der Waals surface area contributed by atoms with E-state index >= 15 is 0 Å². The molecule has 92 valence electrons. The van der Waals surface area contributed by atoms with Gasteiger partial charge in [0.05, 0.1) is 12.2 Å². The standard InChI is InChI=1S/C11H15N3O3/c15-10-2-1-9(11(16)17)7-14(10)6-5-13-4-3-12-8-13/h3-4,8-9H,1-2,5-7H2,(H,16,17). The van der Waals surface area contributed by atoms with Gasteiger partial charge in [-0.25, -0.2) is 4.98 Å². The van der Waals surface area contributed by atoms with Crippen molar-refractivity contribution < 1.29 is 14.7 Å². The van der Waals surface area contributed by atoms with E-state index < -0.39 is 11.9 Å². The summed E-state index contributed by atoms with van der Waals surface area (Å²) in [6.07, 6.45) is 5.97. The Morgan fingerprint density at radius 2 is 2.35 bits per heavy atom. The maximum absolute atomic E-state index is 11.6. The van der Waals surface area contributed by atoms with Crippen LogP contribution in [0.5, 0.6) is 0 Å². The zero-order chi connectivity index (χ0) is 12.3. The van der Waals surface area contributed by atoms with E-state index in [1.165, 1.54) is 0 Å². The molecule has 6 nitrogen and oxygen atoms in total. The monoisotopic (exact) mass is 237 g/mol. The molecule has 0 bridgehead atoms. The largest absolute Gasteiger partial charge is 0.481 e. The van der Waals surface area contributed by atoms with E-state index in [9.17, 15) is 9.59 Å². The van der Waals surface area contributed by atoms with E-state index in [-0.39, 0.29) is 5.91 Å². The Balaban J connectivity index is 1.89. The number of hydrogen-bond donors (Lipinski definition) is 1. The Hall–Kier alpha value is -1.85. The lowest BCUT2D eigenvalue weighted by molar-refractivity contribution is -0.147. The highest BCUT2D eigenvalue weighted by molar-refractivity contribution is 5.80. The Bertz CT molecular complexity index is 402.